The van der Waals surface area contributed by atoms with Crippen LogP contribution in [0.3, 0.4) is 0 Å². The Morgan fingerprint density at radius 2 is 2.11 bits per heavy atom. The highest BCUT2D eigenvalue weighted by Gasteiger charge is 2.28. The number of methoxy groups -OCH3 is 1. The van der Waals surface area contributed by atoms with E-state index in [-0.39, 0.29) is 18.8 Å². The number of ether oxygens (including phenoxy) is 3. The lowest BCUT2D eigenvalue weighted by atomic mass is 10.0. The van der Waals surface area contributed by atoms with Gasteiger partial charge in [-0.25, -0.2) is 0 Å². The van der Waals surface area contributed by atoms with Crippen molar-refractivity contribution in [3.63, 3.8) is 0 Å². The van der Waals surface area contributed by atoms with Crippen molar-refractivity contribution in [3.05, 3.63) is 42.0 Å². The molecule has 0 aliphatic carbocycles. The van der Waals surface area contributed by atoms with Gasteiger partial charge in [0.05, 0.1) is 26.9 Å². The molecule has 4 nitrogen and oxygen atoms in total. The number of aliphatic hydroxyl groups excluding tert-OH is 1. The molecule has 0 spiro atoms. The molecule has 104 valence electrons. The molecule has 0 aromatic heterocycles. The molecule has 1 saturated heterocycles. The first-order chi connectivity index (χ1) is 9.24. The first-order valence-electron chi connectivity index (χ1n) is 6.39. The predicted octanol–water partition coefficient (Wildman–Crippen LogP) is 1.92. The van der Waals surface area contributed by atoms with E-state index in [1.165, 1.54) is 0 Å². The molecule has 1 aromatic carbocycles. The molecule has 1 aliphatic heterocycles. The van der Waals surface area contributed by atoms with E-state index in [0.29, 0.717) is 13.2 Å². The lowest BCUT2D eigenvalue weighted by molar-refractivity contribution is -0.101. The Morgan fingerprint density at radius 3 is 2.74 bits per heavy atom. The third-order valence-corrected chi connectivity index (χ3v) is 3.26. The van der Waals surface area contributed by atoms with Crippen molar-refractivity contribution in [2.75, 3.05) is 20.3 Å². The fourth-order valence-electron chi connectivity index (χ4n) is 2.12. The van der Waals surface area contributed by atoms with Crippen LogP contribution >= 0.6 is 0 Å². The Labute approximate surface area is 113 Å². The molecule has 19 heavy (non-hydrogen) atoms. The van der Waals surface area contributed by atoms with Crippen molar-refractivity contribution in [2.45, 2.75) is 25.2 Å². The minimum absolute atomic E-state index is 0.0493. The Balaban J connectivity index is 1.93. The van der Waals surface area contributed by atoms with Crippen molar-refractivity contribution in [3.8, 4) is 5.75 Å². The zero-order valence-electron chi connectivity index (χ0n) is 11.2. The minimum atomic E-state index is -0.306. The molecule has 1 aliphatic rings. The maximum absolute atomic E-state index is 9.28. The van der Waals surface area contributed by atoms with Gasteiger partial charge in [-0.2, -0.15) is 0 Å². The summed E-state index contributed by atoms with van der Waals surface area (Å²) < 4.78 is 16.4. The lowest BCUT2D eigenvalue weighted by Crippen LogP contribution is -2.40. The fourth-order valence-corrected chi connectivity index (χ4v) is 2.12. The van der Waals surface area contributed by atoms with Crippen LogP contribution in [0.5, 0.6) is 5.75 Å². The highest BCUT2D eigenvalue weighted by atomic mass is 16.5. The Hall–Kier alpha value is -1.36. The molecule has 0 radical (unpaired) electrons. The molecule has 1 aromatic rings. The third-order valence-electron chi connectivity index (χ3n) is 3.26. The Bertz CT molecular complexity index is 413. The predicted molar refractivity (Wildman–Crippen MR) is 72.2 cm³/mol. The van der Waals surface area contributed by atoms with Crippen LogP contribution in [0.25, 0.3) is 0 Å². The maximum atomic E-state index is 9.28. The molecule has 4 heteroatoms. The summed E-state index contributed by atoms with van der Waals surface area (Å²) in [6.07, 6.45) is 0.240. The smallest absolute Gasteiger partial charge is 0.118 e. The SMILES string of the molecule is C=C1CCO[C@H](CO)C1OCc1ccc(OC)cc1. The third kappa shape index (κ3) is 3.56. The van der Waals surface area contributed by atoms with E-state index in [2.05, 4.69) is 6.58 Å². The fraction of sp³-hybridized carbons (Fsp3) is 0.467. The molecule has 0 amide bonds. The lowest BCUT2D eigenvalue weighted by Gasteiger charge is -2.32. The van der Waals surface area contributed by atoms with Gasteiger partial charge in [-0.05, 0) is 29.7 Å². The van der Waals surface area contributed by atoms with Crippen LogP contribution < -0.4 is 4.74 Å². The highest BCUT2D eigenvalue weighted by Crippen LogP contribution is 2.23. The van der Waals surface area contributed by atoms with Crippen molar-refractivity contribution in [1.29, 1.82) is 0 Å². The largest absolute Gasteiger partial charge is 0.497 e. The summed E-state index contributed by atoms with van der Waals surface area (Å²) in [5, 5.41) is 9.28. The maximum Gasteiger partial charge on any atom is 0.118 e. The quantitative estimate of drug-likeness (QED) is 0.825. The summed E-state index contributed by atoms with van der Waals surface area (Å²) in [6.45, 7) is 5.02. The average molecular weight is 264 g/mol. The summed E-state index contributed by atoms with van der Waals surface area (Å²) in [5.41, 5.74) is 2.04. The van der Waals surface area contributed by atoms with E-state index in [0.717, 1.165) is 23.3 Å². The van der Waals surface area contributed by atoms with Gasteiger partial charge < -0.3 is 19.3 Å². The second-order valence-corrected chi connectivity index (χ2v) is 4.58. The molecule has 0 saturated carbocycles. The van der Waals surface area contributed by atoms with Gasteiger partial charge in [-0.1, -0.05) is 18.7 Å². The van der Waals surface area contributed by atoms with Gasteiger partial charge in [0.1, 0.15) is 18.0 Å². The van der Waals surface area contributed by atoms with Crippen molar-refractivity contribution < 1.29 is 19.3 Å². The average Bonchev–Trinajstić information content (AvgIpc) is 2.46. The second-order valence-electron chi connectivity index (χ2n) is 4.58. The van der Waals surface area contributed by atoms with E-state index >= 15 is 0 Å². The summed E-state index contributed by atoms with van der Waals surface area (Å²) in [7, 11) is 1.64. The highest BCUT2D eigenvalue weighted by molar-refractivity contribution is 5.26. The van der Waals surface area contributed by atoms with Crippen molar-refractivity contribution >= 4 is 0 Å². The second kappa shape index (κ2) is 6.70. The van der Waals surface area contributed by atoms with E-state index in [1.807, 2.05) is 24.3 Å². The Morgan fingerprint density at radius 1 is 1.37 bits per heavy atom. The van der Waals surface area contributed by atoms with Crippen LogP contribution in [0, 0.1) is 0 Å². The zero-order valence-corrected chi connectivity index (χ0v) is 11.2. The minimum Gasteiger partial charge on any atom is -0.497 e. The molecular formula is C15H20O4. The molecule has 2 rings (SSSR count). The van der Waals surface area contributed by atoms with Crippen molar-refractivity contribution in [1.82, 2.24) is 0 Å². The van der Waals surface area contributed by atoms with E-state index in [4.69, 9.17) is 14.2 Å². The van der Waals surface area contributed by atoms with Crippen LogP contribution in [0.1, 0.15) is 12.0 Å². The Kier molecular flexibility index (Phi) is 4.96. The van der Waals surface area contributed by atoms with Crippen LogP contribution in [0.15, 0.2) is 36.4 Å². The van der Waals surface area contributed by atoms with E-state index < -0.39 is 0 Å². The number of hydrogen-bond acceptors (Lipinski definition) is 4. The van der Waals surface area contributed by atoms with Crippen LogP contribution in [0.4, 0.5) is 0 Å². The van der Waals surface area contributed by atoms with Crippen molar-refractivity contribution in [2.24, 2.45) is 0 Å². The summed E-state index contributed by atoms with van der Waals surface area (Å²) in [6, 6.07) is 7.71. The summed E-state index contributed by atoms with van der Waals surface area (Å²) in [4.78, 5) is 0. The van der Waals surface area contributed by atoms with Crippen LogP contribution in [-0.4, -0.2) is 37.6 Å². The van der Waals surface area contributed by atoms with Gasteiger partial charge in [-0.15, -0.1) is 0 Å². The van der Waals surface area contributed by atoms with Gasteiger partial charge in [0.25, 0.3) is 0 Å². The molecule has 2 atom stereocenters. The number of benzene rings is 1. The number of hydrogen-bond donors (Lipinski definition) is 1. The van der Waals surface area contributed by atoms with Crippen LogP contribution in [0.2, 0.25) is 0 Å². The topological polar surface area (TPSA) is 47.9 Å². The van der Waals surface area contributed by atoms with Gasteiger partial charge in [0.2, 0.25) is 0 Å². The van der Waals surface area contributed by atoms with Gasteiger partial charge in [0.15, 0.2) is 0 Å². The molecule has 1 heterocycles. The number of rotatable bonds is 5. The molecule has 0 bridgehead atoms. The van der Waals surface area contributed by atoms with Crippen LogP contribution in [-0.2, 0) is 16.1 Å². The molecular weight excluding hydrogens is 244 g/mol. The van der Waals surface area contributed by atoms with Gasteiger partial charge in [-0.3, -0.25) is 0 Å². The first-order valence-corrected chi connectivity index (χ1v) is 6.39. The monoisotopic (exact) mass is 264 g/mol. The van der Waals surface area contributed by atoms with E-state index in [1.54, 1.807) is 7.11 Å². The molecule has 1 fully saturated rings. The van der Waals surface area contributed by atoms with Gasteiger partial charge >= 0.3 is 0 Å². The normalized spacial score (nSPS) is 23.4. The first kappa shape index (κ1) is 14.1. The number of aliphatic hydroxyl groups is 1. The zero-order chi connectivity index (χ0) is 13.7. The molecule has 1 unspecified atom stereocenters. The van der Waals surface area contributed by atoms with Gasteiger partial charge in [0, 0.05) is 0 Å². The summed E-state index contributed by atoms with van der Waals surface area (Å²) >= 11 is 0. The standard InChI is InChI=1S/C15H20O4/c1-11-7-8-18-14(9-16)15(11)19-10-12-3-5-13(17-2)6-4-12/h3-6,14-16H,1,7-10H2,2H3/t14-,15?/m1/s1. The molecule has 1 N–H and O–H groups in total. The van der Waals surface area contributed by atoms with E-state index in [9.17, 15) is 5.11 Å². The summed E-state index contributed by atoms with van der Waals surface area (Å²) in [5.74, 6) is 0.822.